The second-order valence-corrected chi connectivity index (χ2v) is 1.18. The normalized spacial score (nSPS) is 15.9. The highest BCUT2D eigenvalue weighted by atomic mass is 16.5. The summed E-state index contributed by atoms with van der Waals surface area (Å²) >= 11 is 0. The van der Waals surface area contributed by atoms with Gasteiger partial charge in [0.25, 0.3) is 0 Å². The lowest BCUT2D eigenvalue weighted by molar-refractivity contribution is 0.273. The molecular weight excluding hydrogens is 90.1 g/mol. The van der Waals surface area contributed by atoms with Gasteiger partial charge in [0.05, 0.1) is 7.11 Å². The van der Waals surface area contributed by atoms with Gasteiger partial charge >= 0.3 is 0 Å². The predicted octanol–water partition coefficient (Wildman–Crippen LogP) is 0.606. The van der Waals surface area contributed by atoms with Crippen LogP contribution in [0.5, 0.6) is 0 Å². The van der Waals surface area contributed by atoms with Gasteiger partial charge in [0, 0.05) is 12.3 Å². The van der Waals surface area contributed by atoms with E-state index in [1.807, 2.05) is 6.08 Å². The molecule has 2 nitrogen and oxygen atoms in total. The molecule has 1 aliphatic heterocycles. The van der Waals surface area contributed by atoms with Crippen molar-refractivity contribution in [1.82, 2.24) is 5.32 Å². The Morgan fingerprint density at radius 1 is 1.71 bits per heavy atom. The fourth-order valence-electron chi connectivity index (χ4n) is 0.406. The molecule has 1 aliphatic rings. The number of nitrogens with zero attached hydrogens (tertiary/aromatic N) is 1. The Balaban J connectivity index is 2.45. The maximum absolute atomic E-state index is 4.74. The molecule has 0 unspecified atom stereocenters. The van der Waals surface area contributed by atoms with E-state index in [-0.39, 0.29) is 0 Å². The number of rotatable bonds is 1. The third kappa shape index (κ3) is 0.738. The first kappa shape index (κ1) is 4.24. The number of ether oxygens (including phenoxy) is 1. The Morgan fingerprint density at radius 3 is 2.86 bits per heavy atom. The van der Waals surface area contributed by atoms with Crippen LogP contribution in [0.3, 0.4) is 0 Å². The molecular formula is C5H6NO. The van der Waals surface area contributed by atoms with Crippen LogP contribution in [0, 0.1) is 0 Å². The van der Waals surface area contributed by atoms with Gasteiger partial charge in [-0.25, -0.2) is 5.32 Å². The summed E-state index contributed by atoms with van der Waals surface area (Å²) in [7, 11) is 1.60. The monoisotopic (exact) mass is 96.0 g/mol. The van der Waals surface area contributed by atoms with E-state index >= 15 is 0 Å². The summed E-state index contributed by atoms with van der Waals surface area (Å²) in [4.78, 5) is 0. The Hall–Kier alpha value is -0.920. The van der Waals surface area contributed by atoms with Gasteiger partial charge < -0.3 is 4.74 Å². The van der Waals surface area contributed by atoms with E-state index in [0.29, 0.717) is 5.88 Å². The van der Waals surface area contributed by atoms with E-state index in [2.05, 4.69) is 5.32 Å². The molecule has 0 spiro atoms. The topological polar surface area (TPSA) is 23.3 Å². The summed E-state index contributed by atoms with van der Waals surface area (Å²) in [5, 5.41) is 3.81. The summed E-state index contributed by atoms with van der Waals surface area (Å²) in [6.07, 6.45) is 5.33. The largest absolute Gasteiger partial charge is 0.481 e. The molecule has 1 heterocycles. The highest BCUT2D eigenvalue weighted by Crippen LogP contribution is 1.98. The third-order valence-corrected chi connectivity index (χ3v) is 0.736. The van der Waals surface area contributed by atoms with E-state index in [0.717, 1.165) is 0 Å². The third-order valence-electron chi connectivity index (χ3n) is 0.736. The van der Waals surface area contributed by atoms with Crippen molar-refractivity contribution < 1.29 is 4.74 Å². The minimum Gasteiger partial charge on any atom is -0.481 e. The van der Waals surface area contributed by atoms with E-state index in [1.54, 1.807) is 19.4 Å². The second kappa shape index (κ2) is 1.69. The van der Waals surface area contributed by atoms with Gasteiger partial charge in [-0.15, -0.1) is 0 Å². The lowest BCUT2D eigenvalue weighted by Crippen LogP contribution is -1.92. The molecule has 37 valence electrons. The van der Waals surface area contributed by atoms with Gasteiger partial charge in [0.1, 0.15) is 0 Å². The number of allylic oxidation sites excluding steroid dienone is 2. The van der Waals surface area contributed by atoms with Crippen molar-refractivity contribution in [3.8, 4) is 0 Å². The first-order valence-electron chi connectivity index (χ1n) is 2.05. The van der Waals surface area contributed by atoms with Crippen molar-refractivity contribution in [2.45, 2.75) is 0 Å². The summed E-state index contributed by atoms with van der Waals surface area (Å²) in [5.74, 6) is 0.681. The van der Waals surface area contributed by atoms with Crippen LogP contribution < -0.4 is 5.32 Å². The molecule has 0 fully saturated rings. The number of hydrogen-bond acceptors (Lipinski definition) is 1. The zero-order chi connectivity index (χ0) is 5.11. The van der Waals surface area contributed by atoms with Crippen LogP contribution in [0.4, 0.5) is 0 Å². The molecule has 0 aliphatic carbocycles. The van der Waals surface area contributed by atoms with Crippen LogP contribution in [0.15, 0.2) is 24.2 Å². The lowest BCUT2D eigenvalue weighted by atomic mass is 10.6. The summed E-state index contributed by atoms with van der Waals surface area (Å²) in [6, 6.07) is 0. The second-order valence-electron chi connectivity index (χ2n) is 1.18. The molecule has 0 saturated carbocycles. The molecule has 0 aromatic rings. The minimum atomic E-state index is 0.681. The van der Waals surface area contributed by atoms with E-state index in [1.165, 1.54) is 0 Å². The van der Waals surface area contributed by atoms with Crippen LogP contribution >= 0.6 is 0 Å². The number of methoxy groups -OCH3 is 1. The van der Waals surface area contributed by atoms with Crippen molar-refractivity contribution in [2.75, 3.05) is 7.11 Å². The molecule has 7 heavy (non-hydrogen) atoms. The SMILES string of the molecule is COC1=CC=C[N]1. The van der Waals surface area contributed by atoms with Crippen LogP contribution in [-0.2, 0) is 4.74 Å². The Labute approximate surface area is 42.5 Å². The summed E-state index contributed by atoms with van der Waals surface area (Å²) < 4.78 is 4.74. The molecule has 2 heteroatoms. The van der Waals surface area contributed by atoms with Gasteiger partial charge in [-0.3, -0.25) is 0 Å². The lowest BCUT2D eigenvalue weighted by Gasteiger charge is -1.93. The molecule has 0 amide bonds. The quantitative estimate of drug-likeness (QED) is 0.469. The molecule has 0 aromatic carbocycles. The van der Waals surface area contributed by atoms with Crippen molar-refractivity contribution in [2.24, 2.45) is 0 Å². The highest BCUT2D eigenvalue weighted by molar-refractivity contribution is 5.14. The van der Waals surface area contributed by atoms with Crippen molar-refractivity contribution in [3.63, 3.8) is 0 Å². The average Bonchev–Trinajstić information content (AvgIpc) is 2.14. The van der Waals surface area contributed by atoms with Crippen LogP contribution in [0.1, 0.15) is 0 Å². The highest BCUT2D eigenvalue weighted by Gasteiger charge is 1.94. The first-order chi connectivity index (χ1) is 3.43. The van der Waals surface area contributed by atoms with Gasteiger partial charge in [0.15, 0.2) is 0 Å². The predicted molar refractivity (Wildman–Crippen MR) is 26.4 cm³/mol. The fraction of sp³-hybridized carbons (Fsp3) is 0.200. The molecule has 1 radical (unpaired) electrons. The van der Waals surface area contributed by atoms with Crippen LogP contribution in [0.25, 0.3) is 0 Å². The smallest absolute Gasteiger partial charge is 0.212 e. The molecule has 0 bridgehead atoms. The Morgan fingerprint density at radius 2 is 2.57 bits per heavy atom. The maximum atomic E-state index is 4.74. The summed E-state index contributed by atoms with van der Waals surface area (Å²) in [6.45, 7) is 0. The van der Waals surface area contributed by atoms with Crippen LogP contribution in [0.2, 0.25) is 0 Å². The molecule has 0 atom stereocenters. The Kier molecular flexibility index (Phi) is 1.02. The van der Waals surface area contributed by atoms with Gasteiger partial charge in [-0.2, -0.15) is 0 Å². The summed E-state index contributed by atoms with van der Waals surface area (Å²) in [5.41, 5.74) is 0. The average molecular weight is 96.1 g/mol. The van der Waals surface area contributed by atoms with E-state index in [4.69, 9.17) is 4.74 Å². The molecule has 0 N–H and O–H groups in total. The zero-order valence-electron chi connectivity index (χ0n) is 4.09. The molecule has 0 aromatic heterocycles. The van der Waals surface area contributed by atoms with E-state index in [9.17, 15) is 0 Å². The first-order valence-corrected chi connectivity index (χ1v) is 2.05. The van der Waals surface area contributed by atoms with Crippen molar-refractivity contribution in [3.05, 3.63) is 24.2 Å². The molecule has 1 rings (SSSR count). The number of hydrogen-bond donors (Lipinski definition) is 0. The Bertz CT molecular complexity index is 115. The molecule has 0 saturated heterocycles. The van der Waals surface area contributed by atoms with Gasteiger partial charge in [-0.05, 0) is 6.08 Å². The van der Waals surface area contributed by atoms with Gasteiger partial charge in [-0.1, -0.05) is 0 Å². The van der Waals surface area contributed by atoms with Gasteiger partial charge in [0.2, 0.25) is 5.88 Å². The standard InChI is InChI=1S/C5H6NO/c1-7-5-3-2-4-6-5/h2-4H,1H3. The fourth-order valence-corrected chi connectivity index (χ4v) is 0.406. The minimum absolute atomic E-state index is 0.681. The van der Waals surface area contributed by atoms with Crippen molar-refractivity contribution in [1.29, 1.82) is 0 Å². The van der Waals surface area contributed by atoms with E-state index < -0.39 is 0 Å². The van der Waals surface area contributed by atoms with Crippen LogP contribution in [-0.4, -0.2) is 7.11 Å². The maximum Gasteiger partial charge on any atom is 0.212 e. The van der Waals surface area contributed by atoms with Crippen molar-refractivity contribution >= 4 is 0 Å². The zero-order valence-corrected chi connectivity index (χ0v) is 4.09.